The van der Waals surface area contributed by atoms with Crippen molar-refractivity contribution in [3.05, 3.63) is 36.3 Å². The number of carbonyl (C=O) groups excluding carboxylic acids is 1. The molecule has 1 unspecified atom stereocenters. The number of nitrogens with zero attached hydrogens (tertiary/aromatic N) is 3. The number of aromatic nitrogens is 2. The number of amides is 1. The smallest absolute Gasteiger partial charge is 0.276 e. The van der Waals surface area contributed by atoms with Crippen LogP contribution in [0.1, 0.15) is 30.8 Å². The van der Waals surface area contributed by atoms with Gasteiger partial charge in [-0.2, -0.15) is 0 Å². The quantitative estimate of drug-likeness (QED) is 0.916. The summed E-state index contributed by atoms with van der Waals surface area (Å²) in [6, 6.07) is 5.46. The predicted molar refractivity (Wildman–Crippen MR) is 82.0 cm³/mol. The number of hydrogen-bond acceptors (Lipinski definition) is 5. The maximum Gasteiger partial charge on any atom is 0.276 e. The normalized spacial score (nSPS) is 20.9. The maximum absolute atomic E-state index is 12.6. The van der Waals surface area contributed by atoms with Crippen LogP contribution in [0.25, 0.3) is 11.3 Å². The van der Waals surface area contributed by atoms with Crippen LogP contribution >= 0.6 is 0 Å². The van der Waals surface area contributed by atoms with E-state index >= 15 is 0 Å². The van der Waals surface area contributed by atoms with Crippen LogP contribution < -0.4 is 5.73 Å². The number of nitrogens with two attached hydrogens (primary N) is 1. The van der Waals surface area contributed by atoms with Gasteiger partial charge in [0, 0.05) is 43.2 Å². The molecule has 3 rings (SSSR count). The molecule has 1 atom stereocenters. The van der Waals surface area contributed by atoms with Crippen LogP contribution in [0.5, 0.6) is 0 Å². The van der Waals surface area contributed by atoms with E-state index in [2.05, 4.69) is 24.0 Å². The molecule has 0 saturated carbocycles. The summed E-state index contributed by atoms with van der Waals surface area (Å²) in [4.78, 5) is 18.4. The van der Waals surface area contributed by atoms with Crippen molar-refractivity contribution in [1.82, 2.24) is 15.0 Å². The summed E-state index contributed by atoms with van der Waals surface area (Å²) in [7, 11) is 0. The fraction of sp³-hybridized carbons (Fsp3) is 0.438. The number of hydrogen-bond donors (Lipinski definition) is 1. The van der Waals surface area contributed by atoms with Crippen LogP contribution in [0.3, 0.4) is 0 Å². The zero-order chi connectivity index (χ0) is 15.7. The Bertz CT molecular complexity index is 666. The van der Waals surface area contributed by atoms with E-state index < -0.39 is 0 Å². The largest absolute Gasteiger partial charge is 0.355 e. The highest BCUT2D eigenvalue weighted by atomic mass is 16.5. The summed E-state index contributed by atoms with van der Waals surface area (Å²) >= 11 is 0. The zero-order valence-electron chi connectivity index (χ0n) is 12.8. The van der Waals surface area contributed by atoms with Gasteiger partial charge in [0.15, 0.2) is 11.5 Å². The van der Waals surface area contributed by atoms with Crippen LogP contribution in [0, 0.1) is 5.41 Å². The minimum absolute atomic E-state index is 0.0934. The molecule has 0 radical (unpaired) electrons. The zero-order valence-corrected chi connectivity index (χ0v) is 12.8. The highest BCUT2D eigenvalue weighted by molar-refractivity contribution is 5.93. The first-order valence-electron chi connectivity index (χ1n) is 7.39. The van der Waals surface area contributed by atoms with Gasteiger partial charge in [-0.15, -0.1) is 0 Å². The standard InChI is InChI=1S/C16H20N4O2/c1-16(2)10-20(7-5-14(16)17)15(21)12-8-13(22-19-12)11-4-3-6-18-9-11/h3-4,6,8-9,14H,5,7,10,17H2,1-2H3. The van der Waals surface area contributed by atoms with E-state index in [1.807, 2.05) is 12.1 Å². The van der Waals surface area contributed by atoms with Crippen molar-refractivity contribution in [2.45, 2.75) is 26.3 Å². The molecule has 3 heterocycles. The van der Waals surface area contributed by atoms with E-state index in [1.165, 1.54) is 0 Å². The Morgan fingerprint density at radius 2 is 2.32 bits per heavy atom. The summed E-state index contributed by atoms with van der Waals surface area (Å²) in [6.07, 6.45) is 4.16. The van der Waals surface area contributed by atoms with Gasteiger partial charge in [-0.25, -0.2) is 0 Å². The van der Waals surface area contributed by atoms with E-state index in [0.29, 0.717) is 24.5 Å². The predicted octanol–water partition coefficient (Wildman–Crippen LogP) is 1.94. The van der Waals surface area contributed by atoms with E-state index in [-0.39, 0.29) is 17.4 Å². The van der Waals surface area contributed by atoms with Crippen molar-refractivity contribution < 1.29 is 9.32 Å². The molecule has 1 saturated heterocycles. The summed E-state index contributed by atoms with van der Waals surface area (Å²) < 4.78 is 5.27. The van der Waals surface area contributed by atoms with Gasteiger partial charge in [0.25, 0.3) is 5.91 Å². The van der Waals surface area contributed by atoms with Crippen molar-refractivity contribution in [3.63, 3.8) is 0 Å². The fourth-order valence-corrected chi connectivity index (χ4v) is 2.73. The molecule has 2 aromatic rings. The molecule has 1 aliphatic heterocycles. The van der Waals surface area contributed by atoms with E-state index in [1.54, 1.807) is 23.4 Å². The Kier molecular flexibility index (Phi) is 3.70. The molecule has 1 amide bonds. The van der Waals surface area contributed by atoms with Gasteiger partial charge in [-0.1, -0.05) is 19.0 Å². The first kappa shape index (κ1) is 14.7. The third-order valence-corrected chi connectivity index (χ3v) is 4.27. The SMILES string of the molecule is CC1(C)CN(C(=O)c2cc(-c3cccnc3)on2)CCC1N. The highest BCUT2D eigenvalue weighted by Crippen LogP contribution is 2.29. The lowest BCUT2D eigenvalue weighted by Gasteiger charge is -2.42. The lowest BCUT2D eigenvalue weighted by Crippen LogP contribution is -2.54. The van der Waals surface area contributed by atoms with E-state index in [4.69, 9.17) is 10.3 Å². The van der Waals surface area contributed by atoms with Gasteiger partial charge in [-0.3, -0.25) is 9.78 Å². The fourth-order valence-electron chi connectivity index (χ4n) is 2.73. The molecular formula is C16H20N4O2. The third kappa shape index (κ3) is 2.74. The third-order valence-electron chi connectivity index (χ3n) is 4.27. The van der Waals surface area contributed by atoms with Crippen LogP contribution in [0.4, 0.5) is 0 Å². The molecule has 0 aliphatic carbocycles. The molecule has 0 spiro atoms. The van der Waals surface area contributed by atoms with E-state index in [9.17, 15) is 4.79 Å². The maximum atomic E-state index is 12.6. The van der Waals surface area contributed by atoms with Crippen LogP contribution in [0.2, 0.25) is 0 Å². The Balaban J connectivity index is 1.78. The number of likely N-dealkylation sites (tertiary alicyclic amines) is 1. The van der Waals surface area contributed by atoms with Gasteiger partial charge in [0.05, 0.1) is 0 Å². The van der Waals surface area contributed by atoms with Gasteiger partial charge in [-0.05, 0) is 24.0 Å². The number of piperidine rings is 1. The second kappa shape index (κ2) is 5.53. The summed E-state index contributed by atoms with van der Waals surface area (Å²) in [6.45, 7) is 5.45. The van der Waals surface area contributed by atoms with Gasteiger partial charge in [0.1, 0.15) is 0 Å². The lowest BCUT2D eigenvalue weighted by atomic mass is 9.79. The average Bonchev–Trinajstić information content (AvgIpc) is 3.00. The molecule has 0 bridgehead atoms. The molecule has 6 heteroatoms. The van der Waals surface area contributed by atoms with Crippen molar-refractivity contribution in [1.29, 1.82) is 0 Å². The topological polar surface area (TPSA) is 85.2 Å². The van der Waals surface area contributed by atoms with Crippen molar-refractivity contribution in [2.75, 3.05) is 13.1 Å². The van der Waals surface area contributed by atoms with Gasteiger partial charge >= 0.3 is 0 Å². The molecular weight excluding hydrogens is 280 g/mol. The van der Waals surface area contributed by atoms with Crippen molar-refractivity contribution >= 4 is 5.91 Å². The Morgan fingerprint density at radius 1 is 1.50 bits per heavy atom. The molecule has 116 valence electrons. The highest BCUT2D eigenvalue weighted by Gasteiger charge is 2.36. The molecule has 1 fully saturated rings. The molecule has 0 aromatic carbocycles. The minimum atomic E-state index is -0.112. The molecule has 22 heavy (non-hydrogen) atoms. The first-order chi connectivity index (χ1) is 10.5. The van der Waals surface area contributed by atoms with Crippen molar-refractivity contribution in [2.24, 2.45) is 11.1 Å². The second-order valence-electron chi connectivity index (χ2n) is 6.43. The Morgan fingerprint density at radius 3 is 3.00 bits per heavy atom. The van der Waals surface area contributed by atoms with Crippen molar-refractivity contribution in [3.8, 4) is 11.3 Å². The Hall–Kier alpha value is -2.21. The summed E-state index contributed by atoms with van der Waals surface area (Å²) in [5.74, 6) is 0.434. The van der Waals surface area contributed by atoms with Crippen LogP contribution in [-0.2, 0) is 0 Å². The molecule has 6 nitrogen and oxygen atoms in total. The Labute approximate surface area is 129 Å². The van der Waals surface area contributed by atoms with Crippen LogP contribution in [-0.4, -0.2) is 40.1 Å². The number of rotatable bonds is 2. The monoisotopic (exact) mass is 300 g/mol. The van der Waals surface area contributed by atoms with Gasteiger partial charge < -0.3 is 15.2 Å². The molecule has 2 aromatic heterocycles. The van der Waals surface area contributed by atoms with E-state index in [0.717, 1.165) is 12.0 Å². The summed E-state index contributed by atoms with van der Waals surface area (Å²) in [5.41, 5.74) is 7.15. The van der Waals surface area contributed by atoms with Crippen LogP contribution in [0.15, 0.2) is 35.1 Å². The van der Waals surface area contributed by atoms with Gasteiger partial charge in [0.2, 0.25) is 0 Å². The number of carbonyl (C=O) groups is 1. The minimum Gasteiger partial charge on any atom is -0.355 e. The lowest BCUT2D eigenvalue weighted by molar-refractivity contribution is 0.0523. The first-order valence-corrected chi connectivity index (χ1v) is 7.39. The number of pyridine rings is 1. The average molecular weight is 300 g/mol. The molecule has 2 N–H and O–H groups in total. The molecule has 1 aliphatic rings. The second-order valence-corrected chi connectivity index (χ2v) is 6.43. The summed E-state index contributed by atoms with van der Waals surface area (Å²) in [5, 5.41) is 3.91.